The van der Waals surface area contributed by atoms with Crippen LogP contribution in [0, 0.1) is 11.8 Å². The van der Waals surface area contributed by atoms with Gasteiger partial charge in [0.05, 0.1) is 0 Å². The Balaban J connectivity index is 0.00000261. The molecule has 6 heteroatoms. The van der Waals surface area contributed by atoms with Crippen molar-refractivity contribution in [1.29, 1.82) is 0 Å². The molecule has 2 aliphatic rings. The molecule has 2 saturated heterocycles. The molecule has 27 heavy (non-hydrogen) atoms. The summed E-state index contributed by atoms with van der Waals surface area (Å²) in [7, 11) is 0. The summed E-state index contributed by atoms with van der Waals surface area (Å²) < 4.78 is 0. The predicted octanol–water partition coefficient (Wildman–Crippen LogP) is 3.59. The van der Waals surface area contributed by atoms with Gasteiger partial charge in [-0.15, -0.1) is 12.4 Å². The maximum atomic E-state index is 12.4. The van der Waals surface area contributed by atoms with Gasteiger partial charge in [-0.2, -0.15) is 0 Å². The number of nitrogens with one attached hydrogen (secondary N) is 2. The highest BCUT2D eigenvalue weighted by Gasteiger charge is 2.22. The number of likely N-dealkylation sites (tertiary alicyclic amines) is 1. The van der Waals surface area contributed by atoms with Crippen molar-refractivity contribution in [3.8, 4) is 0 Å². The minimum atomic E-state index is 0. The lowest BCUT2D eigenvalue weighted by atomic mass is 9.84. The summed E-state index contributed by atoms with van der Waals surface area (Å²) in [5.41, 5.74) is 1.90. The number of carbonyl (C=O) groups is 2. The number of hydrogen-bond acceptors (Lipinski definition) is 3. The van der Waals surface area contributed by atoms with Crippen molar-refractivity contribution in [2.45, 2.75) is 52.0 Å². The molecule has 0 spiro atoms. The molecule has 2 N–H and O–H groups in total. The molecule has 0 bridgehead atoms. The molecule has 1 aromatic carbocycles. The summed E-state index contributed by atoms with van der Waals surface area (Å²) in [6.45, 7) is 5.78. The number of carbonyl (C=O) groups excluding carboxylic acids is 2. The van der Waals surface area contributed by atoms with E-state index in [0.717, 1.165) is 56.6 Å². The molecule has 2 heterocycles. The Bertz CT molecular complexity index is 632. The average Bonchev–Trinajstić information content (AvgIpc) is 2.64. The van der Waals surface area contributed by atoms with E-state index in [1.807, 2.05) is 29.2 Å². The van der Waals surface area contributed by atoms with E-state index in [1.54, 1.807) is 0 Å². The summed E-state index contributed by atoms with van der Waals surface area (Å²) in [4.78, 5) is 26.3. The summed E-state index contributed by atoms with van der Waals surface area (Å²) in [6.07, 6.45) is 5.63. The first kappa shape index (κ1) is 21.7. The molecule has 1 aromatic rings. The minimum absolute atomic E-state index is 0. The molecule has 5 nitrogen and oxygen atoms in total. The van der Waals surface area contributed by atoms with E-state index < -0.39 is 0 Å². The maximum absolute atomic E-state index is 12.4. The van der Waals surface area contributed by atoms with Gasteiger partial charge in [0.25, 0.3) is 0 Å². The third-order valence-electron chi connectivity index (χ3n) is 5.70. The van der Waals surface area contributed by atoms with Gasteiger partial charge in [0, 0.05) is 31.6 Å². The molecule has 1 unspecified atom stereocenters. The molecule has 150 valence electrons. The molecule has 3 rings (SSSR count). The highest BCUT2D eigenvalue weighted by atomic mass is 35.5. The van der Waals surface area contributed by atoms with E-state index in [4.69, 9.17) is 0 Å². The number of nitrogens with zero attached hydrogens (tertiary/aromatic N) is 1. The first-order valence-corrected chi connectivity index (χ1v) is 9.99. The van der Waals surface area contributed by atoms with Gasteiger partial charge in [-0.05, 0) is 68.3 Å². The third-order valence-corrected chi connectivity index (χ3v) is 5.70. The van der Waals surface area contributed by atoms with E-state index >= 15 is 0 Å². The SMILES string of the molecule is CC(CC(=O)Nc1cccc(CN2CCCCC2=O)c1)C1CCNCC1.Cl. The highest BCUT2D eigenvalue weighted by molar-refractivity contribution is 5.91. The van der Waals surface area contributed by atoms with Gasteiger partial charge in [-0.1, -0.05) is 19.1 Å². The second-order valence-electron chi connectivity index (χ2n) is 7.79. The molecule has 0 radical (unpaired) electrons. The standard InChI is InChI=1S/C21H31N3O2.ClH/c1-16(18-8-10-22-11-9-18)13-20(25)23-19-6-4-5-17(14-19)15-24-12-3-2-7-21(24)26;/h4-6,14,16,18,22H,2-3,7-13,15H2,1H3,(H,23,25);1H. The highest BCUT2D eigenvalue weighted by Crippen LogP contribution is 2.25. The van der Waals surface area contributed by atoms with Crippen LogP contribution in [0.5, 0.6) is 0 Å². The second kappa shape index (κ2) is 10.7. The first-order chi connectivity index (χ1) is 12.6. The number of benzene rings is 1. The van der Waals surface area contributed by atoms with E-state index in [1.165, 1.54) is 0 Å². The zero-order valence-electron chi connectivity index (χ0n) is 16.2. The lowest BCUT2D eigenvalue weighted by Crippen LogP contribution is -2.34. The zero-order chi connectivity index (χ0) is 18.4. The molecule has 1 atom stereocenters. The van der Waals surface area contributed by atoms with E-state index in [-0.39, 0.29) is 24.2 Å². The molecule has 0 aromatic heterocycles. The van der Waals surface area contributed by atoms with Crippen LogP contribution in [0.1, 0.15) is 51.0 Å². The molecule has 2 amide bonds. The molecular formula is C21H32ClN3O2. The average molecular weight is 394 g/mol. The van der Waals surface area contributed by atoms with Crippen molar-refractivity contribution < 1.29 is 9.59 Å². The van der Waals surface area contributed by atoms with Crippen molar-refractivity contribution >= 4 is 29.9 Å². The topological polar surface area (TPSA) is 61.4 Å². The van der Waals surface area contributed by atoms with Crippen molar-refractivity contribution in [2.75, 3.05) is 25.0 Å². The van der Waals surface area contributed by atoms with Crippen LogP contribution < -0.4 is 10.6 Å². The summed E-state index contributed by atoms with van der Waals surface area (Å²) in [5.74, 6) is 1.37. The Morgan fingerprint density at radius 2 is 2.07 bits per heavy atom. The largest absolute Gasteiger partial charge is 0.338 e. The monoisotopic (exact) mass is 393 g/mol. The fraction of sp³-hybridized carbons (Fsp3) is 0.619. The predicted molar refractivity (Wildman–Crippen MR) is 111 cm³/mol. The molecule has 0 aliphatic carbocycles. The normalized spacial score (nSPS) is 19.3. The van der Waals surface area contributed by atoms with E-state index in [9.17, 15) is 9.59 Å². The minimum Gasteiger partial charge on any atom is -0.338 e. The summed E-state index contributed by atoms with van der Waals surface area (Å²) in [5, 5.41) is 6.42. The number of anilines is 1. The Labute approximate surface area is 168 Å². The summed E-state index contributed by atoms with van der Waals surface area (Å²) in [6, 6.07) is 7.90. The van der Waals surface area contributed by atoms with Gasteiger partial charge in [0.2, 0.25) is 11.8 Å². The molecule has 2 aliphatic heterocycles. The van der Waals surface area contributed by atoms with Crippen LogP contribution in [0.4, 0.5) is 5.69 Å². The molecule has 2 fully saturated rings. The third kappa shape index (κ3) is 6.51. The molecule has 0 saturated carbocycles. The van der Waals surface area contributed by atoms with Gasteiger partial charge in [0.1, 0.15) is 0 Å². The zero-order valence-corrected chi connectivity index (χ0v) is 17.0. The van der Waals surface area contributed by atoms with Gasteiger partial charge in [-0.3, -0.25) is 9.59 Å². The number of amides is 2. The Kier molecular flexibility index (Phi) is 8.58. The lowest BCUT2D eigenvalue weighted by Gasteiger charge is -2.28. The van der Waals surface area contributed by atoms with Gasteiger partial charge >= 0.3 is 0 Å². The van der Waals surface area contributed by atoms with Crippen LogP contribution >= 0.6 is 12.4 Å². The molecular weight excluding hydrogens is 362 g/mol. The van der Waals surface area contributed by atoms with Crippen molar-refractivity contribution in [3.05, 3.63) is 29.8 Å². The van der Waals surface area contributed by atoms with Crippen molar-refractivity contribution in [1.82, 2.24) is 10.2 Å². The fourth-order valence-corrected chi connectivity index (χ4v) is 4.08. The maximum Gasteiger partial charge on any atom is 0.224 e. The Morgan fingerprint density at radius 1 is 1.30 bits per heavy atom. The Morgan fingerprint density at radius 3 is 2.81 bits per heavy atom. The van der Waals surface area contributed by atoms with Gasteiger partial charge < -0.3 is 15.5 Å². The second-order valence-corrected chi connectivity index (χ2v) is 7.79. The number of rotatable bonds is 6. The van der Waals surface area contributed by atoms with Gasteiger partial charge in [0.15, 0.2) is 0 Å². The van der Waals surface area contributed by atoms with Crippen LogP contribution in [0.3, 0.4) is 0 Å². The van der Waals surface area contributed by atoms with Crippen molar-refractivity contribution in [3.63, 3.8) is 0 Å². The van der Waals surface area contributed by atoms with E-state index in [0.29, 0.717) is 31.2 Å². The van der Waals surface area contributed by atoms with Crippen molar-refractivity contribution in [2.24, 2.45) is 11.8 Å². The quantitative estimate of drug-likeness (QED) is 0.776. The first-order valence-electron chi connectivity index (χ1n) is 9.99. The van der Waals surface area contributed by atoms with Crippen LogP contribution in [0.2, 0.25) is 0 Å². The van der Waals surface area contributed by atoms with Crippen LogP contribution in [0.25, 0.3) is 0 Å². The van der Waals surface area contributed by atoms with Gasteiger partial charge in [-0.25, -0.2) is 0 Å². The fourth-order valence-electron chi connectivity index (χ4n) is 4.08. The Hall–Kier alpha value is -1.59. The lowest BCUT2D eigenvalue weighted by molar-refractivity contribution is -0.133. The number of halogens is 1. The smallest absolute Gasteiger partial charge is 0.224 e. The number of piperidine rings is 2. The number of hydrogen-bond donors (Lipinski definition) is 2. The summed E-state index contributed by atoms with van der Waals surface area (Å²) >= 11 is 0. The van der Waals surface area contributed by atoms with E-state index in [2.05, 4.69) is 17.6 Å². The van der Waals surface area contributed by atoms with Crippen LogP contribution in [-0.4, -0.2) is 36.3 Å². The van der Waals surface area contributed by atoms with Crippen LogP contribution in [-0.2, 0) is 16.1 Å². The van der Waals surface area contributed by atoms with Crippen LogP contribution in [0.15, 0.2) is 24.3 Å².